The molecule has 1 heterocycles. The van der Waals surface area contributed by atoms with Crippen LogP contribution >= 0.6 is 11.8 Å². The van der Waals surface area contributed by atoms with E-state index in [0.717, 1.165) is 5.25 Å². The zero-order valence-corrected chi connectivity index (χ0v) is 10.0. The molecule has 0 amide bonds. The Morgan fingerprint density at radius 2 is 1.81 bits per heavy atom. The molecule has 1 aliphatic carbocycles. The van der Waals surface area contributed by atoms with E-state index in [1.807, 2.05) is 18.0 Å². The molecule has 2 aromatic rings. The third-order valence-corrected chi connectivity index (χ3v) is 4.46. The molecule has 0 radical (unpaired) electrons. The van der Waals surface area contributed by atoms with Crippen LogP contribution in [0.15, 0.2) is 41.6 Å². The van der Waals surface area contributed by atoms with Gasteiger partial charge in [0.05, 0.1) is 5.03 Å². The molecule has 0 bridgehead atoms. The molecular weight excluding hydrogens is 214 g/mol. The molecule has 1 aromatic heterocycles. The molecule has 3 rings (SSSR count). The maximum absolute atomic E-state index is 4.53. The van der Waals surface area contributed by atoms with Crippen LogP contribution in [0.4, 0.5) is 0 Å². The van der Waals surface area contributed by atoms with E-state index >= 15 is 0 Å². The maximum Gasteiger partial charge on any atom is 0.0968 e. The number of rotatable bonds is 2. The molecule has 0 N–H and O–H groups in total. The van der Waals surface area contributed by atoms with Crippen molar-refractivity contribution < 1.29 is 0 Å². The zero-order valence-electron chi connectivity index (χ0n) is 9.23. The van der Waals surface area contributed by atoms with E-state index in [4.69, 9.17) is 0 Å². The first-order valence-corrected chi connectivity index (χ1v) is 6.81. The van der Waals surface area contributed by atoms with Gasteiger partial charge in [-0.2, -0.15) is 0 Å². The van der Waals surface area contributed by atoms with Gasteiger partial charge < -0.3 is 0 Å². The van der Waals surface area contributed by atoms with Crippen LogP contribution in [-0.2, 0) is 0 Å². The van der Waals surface area contributed by atoms with Gasteiger partial charge in [-0.1, -0.05) is 37.1 Å². The normalized spacial score (nSPS) is 17.0. The average molecular weight is 229 g/mol. The minimum Gasteiger partial charge on any atom is -0.249 e. The number of hydrogen-bond acceptors (Lipinski definition) is 2. The van der Waals surface area contributed by atoms with Gasteiger partial charge in [-0.25, -0.2) is 4.98 Å². The van der Waals surface area contributed by atoms with Crippen LogP contribution in [0.3, 0.4) is 0 Å². The van der Waals surface area contributed by atoms with Gasteiger partial charge in [0.1, 0.15) is 0 Å². The highest BCUT2D eigenvalue weighted by atomic mass is 32.2. The van der Waals surface area contributed by atoms with Gasteiger partial charge in [-0.15, -0.1) is 11.8 Å². The van der Waals surface area contributed by atoms with Crippen LogP contribution < -0.4 is 0 Å². The second-order valence-corrected chi connectivity index (χ2v) is 5.71. The fourth-order valence-corrected chi connectivity index (χ4v) is 3.52. The molecule has 0 saturated heterocycles. The van der Waals surface area contributed by atoms with Crippen molar-refractivity contribution in [3.63, 3.8) is 0 Å². The number of thioether (sulfide) groups is 1. The highest BCUT2D eigenvalue weighted by Crippen LogP contribution is 2.34. The Hall–Kier alpha value is -1.02. The molecule has 0 unspecified atom stereocenters. The van der Waals surface area contributed by atoms with Crippen molar-refractivity contribution in [3.05, 3.63) is 36.5 Å². The van der Waals surface area contributed by atoms with Crippen molar-refractivity contribution in [2.45, 2.75) is 36.0 Å². The molecule has 1 aromatic carbocycles. The predicted octanol–water partition coefficient (Wildman–Crippen LogP) is 4.27. The van der Waals surface area contributed by atoms with Gasteiger partial charge >= 0.3 is 0 Å². The quantitative estimate of drug-likeness (QED) is 0.762. The minimum absolute atomic E-state index is 0.800. The molecule has 16 heavy (non-hydrogen) atoms. The lowest BCUT2D eigenvalue weighted by atomic mass is 10.2. The summed E-state index contributed by atoms with van der Waals surface area (Å²) in [6, 6.07) is 10.7. The summed E-state index contributed by atoms with van der Waals surface area (Å²) < 4.78 is 0. The summed E-state index contributed by atoms with van der Waals surface area (Å²) in [5, 5.41) is 4.52. The number of benzene rings is 1. The summed E-state index contributed by atoms with van der Waals surface area (Å²) in [4.78, 5) is 4.53. The third kappa shape index (κ3) is 2.07. The predicted molar refractivity (Wildman–Crippen MR) is 69.9 cm³/mol. The molecule has 0 atom stereocenters. The first kappa shape index (κ1) is 10.2. The van der Waals surface area contributed by atoms with Crippen molar-refractivity contribution in [2.24, 2.45) is 0 Å². The monoisotopic (exact) mass is 229 g/mol. The molecule has 2 heteroatoms. The molecule has 1 fully saturated rings. The van der Waals surface area contributed by atoms with Gasteiger partial charge in [-0.3, -0.25) is 0 Å². The van der Waals surface area contributed by atoms with E-state index in [0.29, 0.717) is 0 Å². The Balaban J connectivity index is 1.86. The third-order valence-electron chi connectivity index (χ3n) is 3.20. The van der Waals surface area contributed by atoms with Crippen molar-refractivity contribution in [1.29, 1.82) is 0 Å². The molecule has 0 aliphatic heterocycles. The molecule has 1 saturated carbocycles. The van der Waals surface area contributed by atoms with Gasteiger partial charge in [0, 0.05) is 16.8 Å². The van der Waals surface area contributed by atoms with E-state index in [9.17, 15) is 0 Å². The van der Waals surface area contributed by atoms with E-state index in [1.165, 1.54) is 41.5 Å². The topological polar surface area (TPSA) is 12.9 Å². The number of pyridine rings is 1. The van der Waals surface area contributed by atoms with Gasteiger partial charge in [0.2, 0.25) is 0 Å². The van der Waals surface area contributed by atoms with Crippen molar-refractivity contribution in [3.8, 4) is 0 Å². The van der Waals surface area contributed by atoms with Crippen molar-refractivity contribution in [1.82, 2.24) is 4.98 Å². The Bertz CT molecular complexity index is 489. The summed E-state index contributed by atoms with van der Waals surface area (Å²) in [6.07, 6.45) is 7.50. The van der Waals surface area contributed by atoms with Crippen LogP contribution in [0.5, 0.6) is 0 Å². The van der Waals surface area contributed by atoms with E-state index in [1.54, 1.807) is 0 Å². The highest BCUT2D eigenvalue weighted by Gasteiger charge is 2.16. The molecule has 82 valence electrons. The van der Waals surface area contributed by atoms with Gasteiger partial charge in [0.25, 0.3) is 0 Å². The summed E-state index contributed by atoms with van der Waals surface area (Å²) in [7, 11) is 0. The van der Waals surface area contributed by atoms with Crippen LogP contribution in [-0.4, -0.2) is 10.2 Å². The Labute approximate surface area is 100 Å². The first-order chi connectivity index (χ1) is 7.92. The van der Waals surface area contributed by atoms with Gasteiger partial charge in [-0.05, 0) is 24.3 Å². The summed E-state index contributed by atoms with van der Waals surface area (Å²) in [6.45, 7) is 0. The summed E-state index contributed by atoms with van der Waals surface area (Å²) >= 11 is 1.95. The molecule has 1 nitrogen and oxygen atoms in total. The minimum atomic E-state index is 0.800. The van der Waals surface area contributed by atoms with E-state index in [2.05, 4.69) is 35.3 Å². The Kier molecular flexibility index (Phi) is 2.83. The van der Waals surface area contributed by atoms with E-state index in [-0.39, 0.29) is 0 Å². The number of aromatic nitrogens is 1. The standard InChI is InChI=1S/C14H15NS/c1-2-6-12-10-15-14(9-11(12)5-1)16-13-7-3-4-8-13/h1-2,5-6,9-10,13H,3-4,7-8H2. The number of hydrogen-bond donors (Lipinski definition) is 0. The molecular formula is C14H15NS. The zero-order chi connectivity index (χ0) is 10.8. The molecule has 1 aliphatic rings. The van der Waals surface area contributed by atoms with Crippen LogP contribution in [0.25, 0.3) is 10.8 Å². The number of fused-ring (bicyclic) bond motifs is 1. The van der Waals surface area contributed by atoms with Crippen LogP contribution in [0.2, 0.25) is 0 Å². The fraction of sp³-hybridized carbons (Fsp3) is 0.357. The Morgan fingerprint density at radius 1 is 1.06 bits per heavy atom. The lowest BCUT2D eigenvalue weighted by molar-refractivity contribution is 0.886. The Morgan fingerprint density at radius 3 is 2.62 bits per heavy atom. The number of nitrogens with zero attached hydrogens (tertiary/aromatic N) is 1. The molecule has 0 spiro atoms. The first-order valence-electron chi connectivity index (χ1n) is 5.93. The van der Waals surface area contributed by atoms with Crippen LogP contribution in [0.1, 0.15) is 25.7 Å². The smallest absolute Gasteiger partial charge is 0.0968 e. The average Bonchev–Trinajstić information content (AvgIpc) is 2.82. The summed E-state index contributed by atoms with van der Waals surface area (Å²) in [5.74, 6) is 0. The maximum atomic E-state index is 4.53. The van der Waals surface area contributed by atoms with E-state index < -0.39 is 0 Å². The highest BCUT2D eigenvalue weighted by molar-refractivity contribution is 7.99. The van der Waals surface area contributed by atoms with Crippen molar-refractivity contribution in [2.75, 3.05) is 0 Å². The lowest BCUT2D eigenvalue weighted by Gasteiger charge is -2.08. The summed E-state index contributed by atoms with van der Waals surface area (Å²) in [5.41, 5.74) is 0. The van der Waals surface area contributed by atoms with Crippen LogP contribution in [0, 0.1) is 0 Å². The second kappa shape index (κ2) is 4.46. The lowest BCUT2D eigenvalue weighted by Crippen LogP contribution is -1.94. The van der Waals surface area contributed by atoms with Crippen molar-refractivity contribution >= 4 is 22.5 Å². The fourth-order valence-electron chi connectivity index (χ4n) is 2.30. The van der Waals surface area contributed by atoms with Gasteiger partial charge in [0.15, 0.2) is 0 Å². The largest absolute Gasteiger partial charge is 0.249 e. The SMILES string of the molecule is c1ccc2cc(SC3CCCC3)ncc2c1. The second-order valence-electron chi connectivity index (χ2n) is 4.39.